The third kappa shape index (κ3) is 3.40. The van der Waals surface area contributed by atoms with Gasteiger partial charge in [-0.3, -0.25) is 10.0 Å². The number of carbonyl (C=O) groups is 1. The summed E-state index contributed by atoms with van der Waals surface area (Å²) < 4.78 is 0. The van der Waals surface area contributed by atoms with Gasteiger partial charge in [-0.1, -0.05) is 44.2 Å². The molecule has 6 heteroatoms. The van der Waals surface area contributed by atoms with Crippen molar-refractivity contribution in [1.82, 2.24) is 15.4 Å². The molecule has 3 rings (SSSR count). The molecule has 6 nitrogen and oxygen atoms in total. The quantitative estimate of drug-likeness (QED) is 0.597. The van der Waals surface area contributed by atoms with Gasteiger partial charge in [-0.15, -0.1) is 0 Å². The lowest BCUT2D eigenvalue weighted by Crippen LogP contribution is -2.22. The maximum atomic E-state index is 11.2. The van der Waals surface area contributed by atoms with Crippen LogP contribution in [0.25, 0.3) is 0 Å². The first kappa shape index (κ1) is 15.9. The minimum atomic E-state index is -0.624. The van der Waals surface area contributed by atoms with E-state index in [-0.39, 0.29) is 11.1 Å². The van der Waals surface area contributed by atoms with Gasteiger partial charge in [-0.05, 0) is 18.4 Å². The summed E-state index contributed by atoms with van der Waals surface area (Å²) in [5.41, 5.74) is 2.87. The maximum Gasteiger partial charge on any atom is 0.277 e. The molecule has 3 N–H and O–H groups in total. The Morgan fingerprint density at radius 1 is 1.14 bits per heavy atom. The van der Waals surface area contributed by atoms with Crippen molar-refractivity contribution >= 4 is 11.9 Å². The van der Waals surface area contributed by atoms with Gasteiger partial charge in [-0.2, -0.15) is 0 Å². The summed E-state index contributed by atoms with van der Waals surface area (Å²) in [4.78, 5) is 19.4. The second-order valence-corrected chi connectivity index (χ2v) is 4.81. The van der Waals surface area contributed by atoms with E-state index in [1.807, 2.05) is 32.0 Å². The SMILES string of the molecule is CC.O=C(NO)c1cnc(NC2(c3ccccc3)CC2)nc1. The van der Waals surface area contributed by atoms with E-state index in [1.165, 1.54) is 18.0 Å². The van der Waals surface area contributed by atoms with E-state index in [0.29, 0.717) is 5.95 Å². The second kappa shape index (κ2) is 7.00. The second-order valence-electron chi connectivity index (χ2n) is 4.81. The molecule has 0 unspecified atom stereocenters. The third-order valence-electron chi connectivity index (χ3n) is 3.44. The maximum absolute atomic E-state index is 11.2. The number of nitrogens with one attached hydrogen (secondary N) is 2. The van der Waals surface area contributed by atoms with Gasteiger partial charge in [0.25, 0.3) is 5.91 Å². The Bertz CT molecular complexity index is 610. The lowest BCUT2D eigenvalue weighted by Gasteiger charge is -2.17. The predicted molar refractivity (Wildman–Crippen MR) is 83.6 cm³/mol. The van der Waals surface area contributed by atoms with Gasteiger partial charge in [0.2, 0.25) is 5.95 Å². The molecular weight excluding hydrogens is 280 g/mol. The van der Waals surface area contributed by atoms with E-state index < -0.39 is 5.91 Å². The first-order valence-corrected chi connectivity index (χ1v) is 7.34. The topological polar surface area (TPSA) is 87.1 Å². The van der Waals surface area contributed by atoms with Crippen molar-refractivity contribution in [3.05, 3.63) is 53.9 Å². The highest BCUT2D eigenvalue weighted by molar-refractivity contribution is 5.92. The molecule has 1 aliphatic rings. The average Bonchev–Trinajstić information content (AvgIpc) is 3.38. The molecule has 22 heavy (non-hydrogen) atoms. The molecule has 1 aromatic heterocycles. The lowest BCUT2D eigenvalue weighted by molar-refractivity contribution is 0.0705. The van der Waals surface area contributed by atoms with Crippen molar-refractivity contribution in [1.29, 1.82) is 0 Å². The molecule has 0 saturated heterocycles. The van der Waals surface area contributed by atoms with Crippen molar-refractivity contribution in [3.63, 3.8) is 0 Å². The van der Waals surface area contributed by atoms with Gasteiger partial charge >= 0.3 is 0 Å². The minimum absolute atomic E-state index is 0.0952. The number of rotatable bonds is 4. The minimum Gasteiger partial charge on any atom is -0.345 e. The molecule has 0 bridgehead atoms. The van der Waals surface area contributed by atoms with Crippen LogP contribution in [0.3, 0.4) is 0 Å². The van der Waals surface area contributed by atoms with Crippen LogP contribution in [0.2, 0.25) is 0 Å². The smallest absolute Gasteiger partial charge is 0.277 e. The van der Waals surface area contributed by atoms with E-state index in [4.69, 9.17) is 5.21 Å². The van der Waals surface area contributed by atoms with Gasteiger partial charge in [0.05, 0.1) is 11.1 Å². The number of nitrogens with zero attached hydrogens (tertiary/aromatic N) is 2. The molecule has 1 aliphatic carbocycles. The molecule has 1 amide bonds. The zero-order chi connectivity index (χ0) is 16.0. The summed E-state index contributed by atoms with van der Waals surface area (Å²) in [7, 11) is 0. The molecular formula is C16H20N4O2. The fourth-order valence-electron chi connectivity index (χ4n) is 2.16. The summed E-state index contributed by atoms with van der Waals surface area (Å²) in [5.74, 6) is -0.151. The number of hydrogen-bond donors (Lipinski definition) is 3. The summed E-state index contributed by atoms with van der Waals surface area (Å²) in [5, 5.41) is 11.8. The predicted octanol–water partition coefficient (Wildman–Crippen LogP) is 2.72. The van der Waals surface area contributed by atoms with E-state index in [9.17, 15) is 4.79 Å². The van der Waals surface area contributed by atoms with Crippen LogP contribution in [0.1, 0.15) is 42.6 Å². The van der Waals surface area contributed by atoms with Crippen LogP contribution < -0.4 is 10.8 Å². The summed E-state index contributed by atoms with van der Waals surface area (Å²) in [6.45, 7) is 4.00. The molecule has 0 spiro atoms. The average molecular weight is 300 g/mol. The Kier molecular flexibility index (Phi) is 5.06. The highest BCUT2D eigenvalue weighted by atomic mass is 16.5. The van der Waals surface area contributed by atoms with E-state index >= 15 is 0 Å². The number of hydroxylamine groups is 1. The van der Waals surface area contributed by atoms with Gasteiger partial charge < -0.3 is 5.32 Å². The third-order valence-corrected chi connectivity index (χ3v) is 3.44. The number of aromatic nitrogens is 2. The zero-order valence-corrected chi connectivity index (χ0v) is 12.7. The molecule has 0 aliphatic heterocycles. The zero-order valence-electron chi connectivity index (χ0n) is 12.7. The largest absolute Gasteiger partial charge is 0.345 e. The monoisotopic (exact) mass is 300 g/mol. The number of benzene rings is 1. The van der Waals surface area contributed by atoms with Crippen molar-refractivity contribution in [2.75, 3.05) is 5.32 Å². The van der Waals surface area contributed by atoms with E-state index in [1.54, 1.807) is 5.48 Å². The van der Waals surface area contributed by atoms with E-state index in [0.717, 1.165) is 12.8 Å². The number of carbonyl (C=O) groups excluding carboxylic acids is 1. The van der Waals surface area contributed by atoms with Crippen LogP contribution in [0.15, 0.2) is 42.7 Å². The van der Waals surface area contributed by atoms with E-state index in [2.05, 4.69) is 27.4 Å². The summed E-state index contributed by atoms with van der Waals surface area (Å²) >= 11 is 0. The van der Waals surface area contributed by atoms with Crippen molar-refractivity contribution in [2.45, 2.75) is 32.2 Å². The summed E-state index contributed by atoms with van der Waals surface area (Å²) in [6, 6.07) is 10.2. The summed E-state index contributed by atoms with van der Waals surface area (Å²) in [6.07, 6.45) is 4.81. The molecule has 0 atom stereocenters. The van der Waals surface area contributed by atoms with Crippen LogP contribution in [-0.4, -0.2) is 21.1 Å². The lowest BCUT2D eigenvalue weighted by atomic mass is 10.1. The molecule has 2 aromatic rings. The van der Waals surface area contributed by atoms with Crippen molar-refractivity contribution < 1.29 is 10.0 Å². The standard InChI is InChI=1S/C14H14N4O2.C2H6/c19-12(18-20)10-8-15-13(16-9-10)17-14(6-7-14)11-4-2-1-3-5-11;1-2/h1-5,8-9,20H,6-7H2,(H,18,19)(H,15,16,17);1-2H3. The Labute approximate surface area is 129 Å². The first-order chi connectivity index (χ1) is 10.7. The Hall–Kier alpha value is -2.47. The molecule has 1 saturated carbocycles. The fourth-order valence-corrected chi connectivity index (χ4v) is 2.16. The molecule has 1 fully saturated rings. The number of anilines is 1. The van der Waals surface area contributed by atoms with Gasteiger partial charge in [0.15, 0.2) is 0 Å². The van der Waals surface area contributed by atoms with Gasteiger partial charge in [0.1, 0.15) is 0 Å². The Morgan fingerprint density at radius 2 is 1.73 bits per heavy atom. The normalized spacial score (nSPS) is 14.3. The highest BCUT2D eigenvalue weighted by Crippen LogP contribution is 2.47. The van der Waals surface area contributed by atoms with Gasteiger partial charge in [0, 0.05) is 12.4 Å². The van der Waals surface area contributed by atoms with Crippen LogP contribution in [0.4, 0.5) is 5.95 Å². The molecule has 1 heterocycles. The fraction of sp³-hybridized carbons (Fsp3) is 0.312. The van der Waals surface area contributed by atoms with Crippen LogP contribution >= 0.6 is 0 Å². The molecule has 116 valence electrons. The molecule has 1 aromatic carbocycles. The first-order valence-electron chi connectivity index (χ1n) is 7.34. The highest BCUT2D eigenvalue weighted by Gasteiger charge is 2.44. The van der Waals surface area contributed by atoms with Crippen molar-refractivity contribution in [3.8, 4) is 0 Å². The number of hydrogen-bond acceptors (Lipinski definition) is 5. The number of amides is 1. The van der Waals surface area contributed by atoms with Gasteiger partial charge in [-0.25, -0.2) is 15.4 Å². The Balaban J connectivity index is 0.000000847. The van der Waals surface area contributed by atoms with Crippen molar-refractivity contribution in [2.24, 2.45) is 0 Å². The van der Waals surface area contributed by atoms with Crippen LogP contribution in [-0.2, 0) is 5.54 Å². The van der Waals surface area contributed by atoms with Crippen LogP contribution in [0, 0.1) is 0 Å². The Morgan fingerprint density at radius 3 is 2.23 bits per heavy atom. The molecule has 0 radical (unpaired) electrons. The van der Waals surface area contributed by atoms with Crippen LogP contribution in [0.5, 0.6) is 0 Å².